The molecule has 3 atom stereocenters. The summed E-state index contributed by atoms with van der Waals surface area (Å²) in [5, 5.41) is 4.24. The molecule has 0 fully saturated rings. The highest BCUT2D eigenvalue weighted by atomic mass is 35.5. The molecule has 0 aliphatic heterocycles. The number of hydrogen-bond acceptors (Lipinski definition) is 3. The molecule has 0 spiro atoms. The van der Waals surface area contributed by atoms with Crippen LogP contribution in [0.25, 0.3) is 10.9 Å². The topological polar surface area (TPSA) is 80.1 Å². The van der Waals surface area contributed by atoms with E-state index in [-0.39, 0.29) is 36.2 Å². The number of carbonyl (C=O) groups excluding carboxylic acids is 1. The summed E-state index contributed by atoms with van der Waals surface area (Å²) in [5.74, 6) is 0.579. The van der Waals surface area contributed by atoms with Crippen molar-refractivity contribution >= 4 is 29.2 Å². The summed E-state index contributed by atoms with van der Waals surface area (Å²) in [7, 11) is 1.65. The van der Waals surface area contributed by atoms with Crippen molar-refractivity contribution in [1.82, 2.24) is 10.3 Å². The zero-order valence-corrected chi connectivity index (χ0v) is 17.3. The Bertz CT molecular complexity index is 906. The van der Waals surface area contributed by atoms with Gasteiger partial charge in [-0.05, 0) is 36.2 Å². The number of para-hydroxylation sites is 1. The van der Waals surface area contributed by atoms with Gasteiger partial charge in [-0.3, -0.25) is 4.79 Å². The van der Waals surface area contributed by atoms with E-state index in [1.165, 1.54) is 0 Å². The molecule has 0 bridgehead atoms. The van der Waals surface area contributed by atoms with Crippen LogP contribution >= 0.6 is 12.4 Å². The maximum atomic E-state index is 12.4. The molecule has 3 aromatic rings. The number of aromatic amines is 1. The van der Waals surface area contributed by atoms with Crippen molar-refractivity contribution in [2.24, 2.45) is 11.7 Å². The van der Waals surface area contributed by atoms with E-state index in [0.717, 1.165) is 27.8 Å². The second-order valence-electron chi connectivity index (χ2n) is 7.01. The number of nitrogens with two attached hydrogens (primary N) is 1. The first-order chi connectivity index (χ1) is 13.0. The molecule has 3 unspecified atom stereocenters. The van der Waals surface area contributed by atoms with E-state index in [4.69, 9.17) is 10.5 Å². The molecule has 2 aromatic carbocycles. The molecule has 0 aliphatic carbocycles. The number of fused-ring (bicyclic) bond motifs is 1. The van der Waals surface area contributed by atoms with Gasteiger partial charge >= 0.3 is 0 Å². The number of halogens is 1. The van der Waals surface area contributed by atoms with Gasteiger partial charge in [0.25, 0.3) is 0 Å². The lowest BCUT2D eigenvalue weighted by Crippen LogP contribution is -2.40. The summed E-state index contributed by atoms with van der Waals surface area (Å²) < 4.78 is 5.28. The predicted molar refractivity (Wildman–Crippen MR) is 116 cm³/mol. The molecular formula is C22H28ClN3O2. The van der Waals surface area contributed by atoms with Crippen LogP contribution in [-0.4, -0.2) is 30.6 Å². The fourth-order valence-electron chi connectivity index (χ4n) is 3.23. The zero-order valence-electron chi connectivity index (χ0n) is 16.4. The van der Waals surface area contributed by atoms with Crippen molar-refractivity contribution in [3.8, 4) is 5.75 Å². The second-order valence-corrected chi connectivity index (χ2v) is 7.01. The lowest BCUT2D eigenvalue weighted by Gasteiger charge is -2.21. The van der Waals surface area contributed by atoms with E-state index in [2.05, 4.69) is 22.4 Å². The predicted octanol–water partition coefficient (Wildman–Crippen LogP) is 3.83. The number of carbonyl (C=O) groups is 1. The Hall–Kier alpha value is -2.50. The summed E-state index contributed by atoms with van der Waals surface area (Å²) in [4.78, 5) is 15.8. The molecular weight excluding hydrogens is 374 g/mol. The Morgan fingerprint density at radius 1 is 1.14 bits per heavy atom. The Kier molecular flexibility index (Phi) is 7.49. The minimum atomic E-state index is -0.232. The third-order valence-electron chi connectivity index (χ3n) is 5.20. The maximum Gasteiger partial charge on any atom is 0.224 e. The van der Waals surface area contributed by atoms with Crippen LogP contribution in [0.3, 0.4) is 0 Å². The summed E-state index contributed by atoms with van der Waals surface area (Å²) in [6.07, 6.45) is 2.03. The van der Waals surface area contributed by atoms with E-state index < -0.39 is 0 Å². The van der Waals surface area contributed by atoms with Crippen LogP contribution in [0.4, 0.5) is 0 Å². The molecule has 0 radical (unpaired) electrons. The van der Waals surface area contributed by atoms with Gasteiger partial charge in [0.05, 0.1) is 7.11 Å². The Labute approximate surface area is 172 Å². The van der Waals surface area contributed by atoms with Gasteiger partial charge < -0.3 is 20.8 Å². The van der Waals surface area contributed by atoms with Crippen LogP contribution in [0.1, 0.15) is 30.9 Å². The Morgan fingerprint density at radius 2 is 1.82 bits per heavy atom. The molecule has 150 valence electrons. The first kappa shape index (κ1) is 21.8. The van der Waals surface area contributed by atoms with Gasteiger partial charge in [0.1, 0.15) is 5.75 Å². The van der Waals surface area contributed by atoms with Crippen molar-refractivity contribution in [2.75, 3.05) is 13.7 Å². The second kappa shape index (κ2) is 9.62. The highest BCUT2D eigenvalue weighted by molar-refractivity contribution is 5.85. The standard InChI is InChI=1S/C22H27N3O2.ClH/c1-14(15(2)23)22(26)25-12-19(16-8-10-17(27-3)11-9-16)20-13-24-21-7-5-4-6-18(20)21;/h4-11,13-15,19,24H,12,23H2,1-3H3,(H,25,26);1H. The van der Waals surface area contributed by atoms with Gasteiger partial charge in [0, 0.05) is 41.5 Å². The number of hydrogen-bond donors (Lipinski definition) is 3. The zero-order chi connectivity index (χ0) is 19.4. The van der Waals surface area contributed by atoms with E-state index in [1.807, 2.05) is 56.4 Å². The Balaban J connectivity index is 0.00000280. The van der Waals surface area contributed by atoms with Crippen LogP contribution in [0.2, 0.25) is 0 Å². The molecule has 0 saturated heterocycles. The van der Waals surface area contributed by atoms with Crippen LogP contribution < -0.4 is 15.8 Å². The molecule has 6 heteroatoms. The molecule has 28 heavy (non-hydrogen) atoms. The van der Waals surface area contributed by atoms with E-state index in [9.17, 15) is 4.79 Å². The molecule has 0 aliphatic rings. The number of methoxy groups -OCH3 is 1. The van der Waals surface area contributed by atoms with Crippen molar-refractivity contribution in [2.45, 2.75) is 25.8 Å². The molecule has 0 saturated carbocycles. The average Bonchev–Trinajstić information content (AvgIpc) is 3.12. The highest BCUT2D eigenvalue weighted by Crippen LogP contribution is 2.31. The molecule has 1 heterocycles. The molecule has 5 nitrogen and oxygen atoms in total. The minimum absolute atomic E-state index is 0. The molecule has 1 aromatic heterocycles. The van der Waals surface area contributed by atoms with Gasteiger partial charge in [-0.2, -0.15) is 0 Å². The minimum Gasteiger partial charge on any atom is -0.497 e. The summed E-state index contributed by atoms with van der Waals surface area (Å²) in [6.45, 7) is 4.21. The number of H-pyrrole nitrogens is 1. The van der Waals surface area contributed by atoms with Crippen LogP contribution in [0.5, 0.6) is 5.75 Å². The van der Waals surface area contributed by atoms with Crippen molar-refractivity contribution in [3.05, 3.63) is 65.9 Å². The molecule has 3 rings (SSSR count). The van der Waals surface area contributed by atoms with Crippen LogP contribution in [0.15, 0.2) is 54.7 Å². The van der Waals surface area contributed by atoms with E-state index in [1.54, 1.807) is 7.11 Å². The third kappa shape index (κ3) is 4.66. The summed E-state index contributed by atoms with van der Waals surface area (Å²) >= 11 is 0. The largest absolute Gasteiger partial charge is 0.497 e. The maximum absolute atomic E-state index is 12.4. The normalized spacial score (nSPS) is 14.0. The van der Waals surface area contributed by atoms with E-state index in [0.29, 0.717) is 6.54 Å². The molecule has 1 amide bonds. The van der Waals surface area contributed by atoms with Gasteiger partial charge in [0.15, 0.2) is 0 Å². The van der Waals surface area contributed by atoms with Gasteiger partial charge in [-0.25, -0.2) is 0 Å². The van der Waals surface area contributed by atoms with Gasteiger partial charge in [-0.1, -0.05) is 37.3 Å². The lowest BCUT2D eigenvalue weighted by atomic mass is 9.90. The van der Waals surface area contributed by atoms with Crippen LogP contribution in [0, 0.1) is 5.92 Å². The highest BCUT2D eigenvalue weighted by Gasteiger charge is 2.22. The van der Waals surface area contributed by atoms with Crippen molar-refractivity contribution in [3.63, 3.8) is 0 Å². The number of ether oxygens (including phenoxy) is 1. The smallest absolute Gasteiger partial charge is 0.224 e. The van der Waals surface area contributed by atoms with Crippen LogP contribution in [-0.2, 0) is 4.79 Å². The first-order valence-electron chi connectivity index (χ1n) is 9.24. The summed E-state index contributed by atoms with van der Waals surface area (Å²) in [5.41, 5.74) is 9.24. The fraction of sp³-hybridized carbons (Fsp3) is 0.318. The van der Waals surface area contributed by atoms with Gasteiger partial charge in [0.2, 0.25) is 5.91 Å². The SMILES string of the molecule is COc1ccc(C(CNC(=O)C(C)C(C)N)c2c[nH]c3ccccc23)cc1.Cl. The monoisotopic (exact) mass is 401 g/mol. The number of rotatable bonds is 7. The van der Waals surface area contributed by atoms with Gasteiger partial charge in [-0.15, -0.1) is 12.4 Å². The van der Waals surface area contributed by atoms with E-state index >= 15 is 0 Å². The fourth-order valence-corrected chi connectivity index (χ4v) is 3.23. The average molecular weight is 402 g/mol. The third-order valence-corrected chi connectivity index (χ3v) is 5.20. The van der Waals surface area contributed by atoms with Crippen molar-refractivity contribution < 1.29 is 9.53 Å². The lowest BCUT2D eigenvalue weighted by molar-refractivity contribution is -0.124. The number of benzene rings is 2. The quantitative estimate of drug-likeness (QED) is 0.562. The van der Waals surface area contributed by atoms with Crippen molar-refractivity contribution in [1.29, 1.82) is 0 Å². The first-order valence-corrected chi connectivity index (χ1v) is 9.24. The number of amides is 1. The number of aromatic nitrogens is 1. The summed E-state index contributed by atoms with van der Waals surface area (Å²) in [6, 6.07) is 16.0. The number of nitrogens with one attached hydrogen (secondary N) is 2. The Morgan fingerprint density at radius 3 is 2.46 bits per heavy atom. The molecule has 4 N–H and O–H groups in total.